The average molecular weight is 350 g/mol. The summed E-state index contributed by atoms with van der Waals surface area (Å²) >= 11 is 0. The molecule has 2 aromatic heterocycles. The summed E-state index contributed by atoms with van der Waals surface area (Å²) in [7, 11) is 0. The molecule has 1 saturated heterocycles. The molecule has 3 heterocycles. The van der Waals surface area contributed by atoms with Crippen LogP contribution < -0.4 is 10.6 Å². The van der Waals surface area contributed by atoms with Gasteiger partial charge in [-0.2, -0.15) is 10.2 Å². The van der Waals surface area contributed by atoms with E-state index in [2.05, 4.69) is 25.9 Å². The maximum Gasteiger partial charge on any atom is 0.256 e. The van der Waals surface area contributed by atoms with E-state index in [-0.39, 0.29) is 5.91 Å². The van der Waals surface area contributed by atoms with Crippen LogP contribution in [0.1, 0.15) is 23.2 Å². The summed E-state index contributed by atoms with van der Waals surface area (Å²) < 4.78 is 1.90. The van der Waals surface area contributed by atoms with Crippen molar-refractivity contribution in [2.75, 3.05) is 18.4 Å². The van der Waals surface area contributed by atoms with Gasteiger partial charge in [0, 0.05) is 29.9 Å². The van der Waals surface area contributed by atoms with Crippen LogP contribution in [-0.4, -0.2) is 39.0 Å². The molecule has 0 saturated carbocycles. The van der Waals surface area contributed by atoms with E-state index >= 15 is 0 Å². The van der Waals surface area contributed by atoms with Gasteiger partial charge >= 0.3 is 0 Å². The Labute approximate surface area is 151 Å². The Kier molecular flexibility index (Phi) is 4.79. The number of aromatic nitrogens is 4. The van der Waals surface area contributed by atoms with Crippen LogP contribution in [0.25, 0.3) is 11.3 Å². The average Bonchev–Trinajstić information content (AvgIpc) is 3.35. The summed E-state index contributed by atoms with van der Waals surface area (Å²) in [6.07, 6.45) is 5.71. The maximum atomic E-state index is 12.7. The van der Waals surface area contributed by atoms with Crippen molar-refractivity contribution in [1.82, 2.24) is 25.3 Å². The molecule has 26 heavy (non-hydrogen) atoms. The van der Waals surface area contributed by atoms with Gasteiger partial charge in [0.1, 0.15) is 5.82 Å². The first kappa shape index (κ1) is 16.5. The van der Waals surface area contributed by atoms with E-state index in [0.717, 1.165) is 49.6 Å². The number of nitrogens with zero attached hydrogens (tertiary/aromatic N) is 3. The molecule has 1 aliphatic rings. The van der Waals surface area contributed by atoms with Crippen molar-refractivity contribution in [3.63, 3.8) is 0 Å². The molecule has 1 amide bonds. The van der Waals surface area contributed by atoms with Crippen molar-refractivity contribution in [3.05, 3.63) is 54.4 Å². The minimum atomic E-state index is -0.140. The summed E-state index contributed by atoms with van der Waals surface area (Å²) in [4.78, 5) is 12.7. The maximum absolute atomic E-state index is 12.7. The molecule has 7 nitrogen and oxygen atoms in total. The Balaban J connectivity index is 1.47. The topological polar surface area (TPSA) is 87.6 Å². The second kappa shape index (κ2) is 7.53. The van der Waals surface area contributed by atoms with Crippen LogP contribution in [0.5, 0.6) is 0 Å². The molecule has 1 fully saturated rings. The largest absolute Gasteiger partial charge is 0.317 e. The van der Waals surface area contributed by atoms with Gasteiger partial charge in [0.25, 0.3) is 5.91 Å². The van der Waals surface area contributed by atoms with Crippen molar-refractivity contribution < 1.29 is 4.79 Å². The lowest BCUT2D eigenvalue weighted by Crippen LogP contribution is -2.30. The molecule has 1 aromatic carbocycles. The molecule has 134 valence electrons. The van der Waals surface area contributed by atoms with E-state index in [1.54, 1.807) is 12.4 Å². The molecule has 3 aromatic rings. The number of benzene rings is 1. The fourth-order valence-electron chi connectivity index (χ4n) is 3.33. The molecule has 0 unspecified atom stereocenters. The highest BCUT2D eigenvalue weighted by Gasteiger charge is 2.17. The number of anilines is 1. The van der Waals surface area contributed by atoms with Crippen molar-refractivity contribution >= 4 is 11.7 Å². The number of aromatic amines is 1. The summed E-state index contributed by atoms with van der Waals surface area (Å²) in [5.74, 6) is 1.19. The Morgan fingerprint density at radius 3 is 2.88 bits per heavy atom. The highest BCUT2D eigenvalue weighted by atomic mass is 16.1. The van der Waals surface area contributed by atoms with Gasteiger partial charge < -0.3 is 10.6 Å². The monoisotopic (exact) mass is 350 g/mol. The van der Waals surface area contributed by atoms with Gasteiger partial charge in [-0.25, -0.2) is 4.68 Å². The number of carbonyl (C=O) groups excluding carboxylic acids is 1. The quantitative estimate of drug-likeness (QED) is 0.660. The smallest absolute Gasteiger partial charge is 0.256 e. The van der Waals surface area contributed by atoms with E-state index in [1.807, 2.05) is 41.1 Å². The summed E-state index contributed by atoms with van der Waals surface area (Å²) in [5.41, 5.74) is 2.42. The van der Waals surface area contributed by atoms with Crippen molar-refractivity contribution in [2.24, 2.45) is 5.92 Å². The first-order chi connectivity index (χ1) is 12.8. The Hall–Kier alpha value is -2.93. The van der Waals surface area contributed by atoms with Gasteiger partial charge in [-0.15, -0.1) is 0 Å². The van der Waals surface area contributed by atoms with E-state index in [4.69, 9.17) is 0 Å². The van der Waals surface area contributed by atoms with Crippen LogP contribution >= 0.6 is 0 Å². The predicted octanol–water partition coefficient (Wildman–Crippen LogP) is 2.53. The second-order valence-corrected chi connectivity index (χ2v) is 6.60. The summed E-state index contributed by atoms with van der Waals surface area (Å²) in [6.45, 7) is 2.93. The number of rotatable bonds is 5. The highest BCUT2D eigenvalue weighted by molar-refractivity contribution is 6.04. The van der Waals surface area contributed by atoms with Crippen LogP contribution in [0, 0.1) is 5.92 Å². The number of hydrogen-bond acceptors (Lipinski definition) is 4. The molecule has 0 atom stereocenters. The van der Waals surface area contributed by atoms with Gasteiger partial charge in [0.2, 0.25) is 0 Å². The van der Waals surface area contributed by atoms with Gasteiger partial charge in [-0.05, 0) is 50.0 Å². The minimum absolute atomic E-state index is 0.140. The van der Waals surface area contributed by atoms with Crippen molar-refractivity contribution in [3.8, 4) is 11.3 Å². The fourth-order valence-corrected chi connectivity index (χ4v) is 3.33. The zero-order valence-electron chi connectivity index (χ0n) is 14.5. The lowest BCUT2D eigenvalue weighted by Gasteiger charge is -2.23. The standard InChI is InChI=1S/C19H22N6O/c26-19(16-3-1-2-15(12-16)17-6-10-21-24-17)23-18-7-11-22-25(18)13-14-4-8-20-9-5-14/h1-3,6-7,10-12,14,20H,4-5,8-9,13H2,(H,21,24)(H,23,26). The first-order valence-electron chi connectivity index (χ1n) is 8.93. The normalized spacial score (nSPS) is 15.1. The van der Waals surface area contributed by atoms with E-state index < -0.39 is 0 Å². The predicted molar refractivity (Wildman–Crippen MR) is 99.8 cm³/mol. The number of piperidine rings is 1. The minimum Gasteiger partial charge on any atom is -0.317 e. The van der Waals surface area contributed by atoms with Crippen molar-refractivity contribution in [1.29, 1.82) is 0 Å². The Morgan fingerprint density at radius 1 is 1.19 bits per heavy atom. The van der Waals surface area contributed by atoms with Gasteiger partial charge in [-0.1, -0.05) is 12.1 Å². The van der Waals surface area contributed by atoms with Crippen LogP contribution in [0.2, 0.25) is 0 Å². The zero-order valence-corrected chi connectivity index (χ0v) is 14.5. The number of carbonyl (C=O) groups is 1. The van der Waals surface area contributed by atoms with Crippen LogP contribution in [0.4, 0.5) is 5.82 Å². The van der Waals surface area contributed by atoms with Crippen molar-refractivity contribution in [2.45, 2.75) is 19.4 Å². The molecule has 1 aliphatic heterocycles. The van der Waals surface area contributed by atoms with Gasteiger partial charge in [0.15, 0.2) is 0 Å². The third-order valence-corrected chi connectivity index (χ3v) is 4.78. The van der Waals surface area contributed by atoms with E-state index in [1.165, 1.54) is 0 Å². The van der Waals surface area contributed by atoms with Crippen LogP contribution in [-0.2, 0) is 6.54 Å². The summed E-state index contributed by atoms with van der Waals surface area (Å²) in [6, 6.07) is 11.2. The third kappa shape index (κ3) is 3.67. The zero-order chi connectivity index (χ0) is 17.8. The summed E-state index contributed by atoms with van der Waals surface area (Å²) in [5, 5.41) is 17.6. The number of hydrogen-bond donors (Lipinski definition) is 3. The molecular weight excluding hydrogens is 328 g/mol. The SMILES string of the molecule is O=C(Nc1ccnn1CC1CCNCC1)c1cccc(-c2ccn[nH]2)c1. The van der Waals surface area contributed by atoms with E-state index in [9.17, 15) is 4.79 Å². The molecule has 4 rings (SSSR count). The molecule has 3 N–H and O–H groups in total. The molecule has 7 heteroatoms. The van der Waals surface area contributed by atoms with Gasteiger partial charge in [0.05, 0.1) is 11.9 Å². The Morgan fingerprint density at radius 2 is 2.08 bits per heavy atom. The highest BCUT2D eigenvalue weighted by Crippen LogP contribution is 2.20. The first-order valence-corrected chi connectivity index (χ1v) is 8.93. The number of nitrogens with one attached hydrogen (secondary N) is 3. The lowest BCUT2D eigenvalue weighted by atomic mass is 9.98. The van der Waals surface area contributed by atoms with E-state index in [0.29, 0.717) is 11.5 Å². The molecule has 0 aliphatic carbocycles. The fraction of sp³-hybridized carbons (Fsp3) is 0.316. The molecule has 0 bridgehead atoms. The van der Waals surface area contributed by atoms with Crippen LogP contribution in [0.15, 0.2) is 48.8 Å². The third-order valence-electron chi connectivity index (χ3n) is 4.78. The van der Waals surface area contributed by atoms with Crippen LogP contribution in [0.3, 0.4) is 0 Å². The molecule has 0 radical (unpaired) electrons. The second-order valence-electron chi connectivity index (χ2n) is 6.60. The molecule has 0 spiro atoms. The Bertz CT molecular complexity index is 864. The molecular formula is C19H22N6O. The number of amides is 1. The number of H-pyrrole nitrogens is 1. The van der Waals surface area contributed by atoms with Gasteiger partial charge in [-0.3, -0.25) is 9.89 Å². The lowest BCUT2D eigenvalue weighted by molar-refractivity contribution is 0.102.